The van der Waals surface area contributed by atoms with Crippen LogP contribution in [0.5, 0.6) is 0 Å². The molecule has 0 aliphatic heterocycles. The van der Waals surface area contributed by atoms with Crippen molar-refractivity contribution in [2.45, 2.75) is 25.2 Å². The zero-order valence-corrected chi connectivity index (χ0v) is 10.5. The van der Waals surface area contributed by atoms with Gasteiger partial charge in [0.05, 0.1) is 10.7 Å². The van der Waals surface area contributed by atoms with Crippen molar-refractivity contribution < 1.29 is 0 Å². The maximum atomic E-state index is 4.68. The Labute approximate surface area is 106 Å². The highest BCUT2D eigenvalue weighted by Gasteiger charge is 2.26. The molecule has 0 saturated heterocycles. The molecule has 1 aromatic heterocycles. The van der Waals surface area contributed by atoms with Crippen LogP contribution in [0.4, 0.5) is 5.69 Å². The first-order valence-electron chi connectivity index (χ1n) is 6.15. The summed E-state index contributed by atoms with van der Waals surface area (Å²) in [5.74, 6) is 0.788. The normalized spacial score (nSPS) is 14.8. The zero-order valence-electron chi connectivity index (χ0n) is 9.73. The van der Waals surface area contributed by atoms with Crippen LogP contribution in [0.15, 0.2) is 35.7 Å². The number of nitrogens with one attached hydrogen (secondary N) is 1. The molecule has 1 aromatic carbocycles. The van der Waals surface area contributed by atoms with Gasteiger partial charge in [0.1, 0.15) is 0 Å². The average Bonchev–Trinajstić information content (AvgIpc) is 3.11. The predicted molar refractivity (Wildman–Crippen MR) is 72.7 cm³/mol. The fourth-order valence-electron chi connectivity index (χ4n) is 1.85. The molecule has 3 heteroatoms. The van der Waals surface area contributed by atoms with Crippen LogP contribution in [0, 0.1) is 0 Å². The highest BCUT2D eigenvalue weighted by molar-refractivity contribution is 7.09. The van der Waals surface area contributed by atoms with E-state index in [-0.39, 0.29) is 0 Å². The van der Waals surface area contributed by atoms with Crippen molar-refractivity contribution in [1.29, 1.82) is 0 Å². The van der Waals surface area contributed by atoms with Crippen molar-refractivity contribution in [3.8, 4) is 0 Å². The second-order valence-corrected chi connectivity index (χ2v) is 5.38. The van der Waals surface area contributed by atoms with Gasteiger partial charge in [-0.15, -0.1) is 11.3 Å². The van der Waals surface area contributed by atoms with Gasteiger partial charge >= 0.3 is 0 Å². The van der Waals surface area contributed by atoms with E-state index < -0.39 is 0 Å². The van der Waals surface area contributed by atoms with Crippen molar-refractivity contribution in [3.63, 3.8) is 0 Å². The minimum absolute atomic E-state index is 0.788. The Morgan fingerprint density at radius 3 is 2.82 bits per heavy atom. The van der Waals surface area contributed by atoms with E-state index in [1.807, 2.05) is 17.4 Å². The van der Waals surface area contributed by atoms with E-state index >= 15 is 0 Å². The molecule has 3 rings (SSSR count). The summed E-state index contributed by atoms with van der Waals surface area (Å²) in [6.07, 6.45) is 3.70. The van der Waals surface area contributed by atoms with Gasteiger partial charge in [0, 0.05) is 30.0 Å². The second kappa shape index (κ2) is 4.88. The van der Waals surface area contributed by atoms with Crippen molar-refractivity contribution in [3.05, 3.63) is 46.4 Å². The van der Waals surface area contributed by atoms with Crippen LogP contribution in [0.25, 0.3) is 0 Å². The lowest BCUT2D eigenvalue weighted by Gasteiger charge is -2.03. The molecule has 0 radical (unpaired) electrons. The number of hydrogen-bond acceptors (Lipinski definition) is 3. The van der Waals surface area contributed by atoms with Crippen LogP contribution in [0.1, 0.15) is 29.5 Å². The van der Waals surface area contributed by atoms with Crippen LogP contribution in [0.2, 0.25) is 0 Å². The fourth-order valence-corrected chi connectivity index (χ4v) is 2.87. The third kappa shape index (κ3) is 2.86. The van der Waals surface area contributed by atoms with E-state index in [2.05, 4.69) is 39.9 Å². The molecule has 0 unspecified atom stereocenters. The molecular weight excluding hydrogens is 228 g/mol. The highest BCUT2D eigenvalue weighted by Crippen LogP contribution is 2.41. The molecule has 2 aromatic rings. The molecule has 0 spiro atoms. The zero-order chi connectivity index (χ0) is 11.5. The van der Waals surface area contributed by atoms with Gasteiger partial charge in [-0.05, 0) is 25.0 Å². The van der Waals surface area contributed by atoms with E-state index in [4.69, 9.17) is 0 Å². The molecule has 1 heterocycles. The average molecular weight is 244 g/mol. The number of thiazole rings is 1. The third-order valence-electron chi connectivity index (χ3n) is 2.98. The second-order valence-electron chi connectivity index (χ2n) is 4.49. The molecule has 1 fully saturated rings. The Morgan fingerprint density at radius 2 is 2.06 bits per heavy atom. The number of benzene rings is 1. The first-order valence-corrected chi connectivity index (χ1v) is 7.03. The van der Waals surface area contributed by atoms with Crippen LogP contribution in [-0.2, 0) is 6.42 Å². The first kappa shape index (κ1) is 10.8. The van der Waals surface area contributed by atoms with E-state index in [0.29, 0.717) is 0 Å². The minimum Gasteiger partial charge on any atom is -0.385 e. The summed E-state index contributed by atoms with van der Waals surface area (Å²) < 4.78 is 0. The third-order valence-corrected chi connectivity index (χ3v) is 4.04. The van der Waals surface area contributed by atoms with Crippen LogP contribution < -0.4 is 5.32 Å². The van der Waals surface area contributed by atoms with Gasteiger partial charge in [0.2, 0.25) is 0 Å². The summed E-state index contributed by atoms with van der Waals surface area (Å²) in [6, 6.07) is 10.3. The molecular formula is C14H16N2S. The summed E-state index contributed by atoms with van der Waals surface area (Å²) in [5.41, 5.74) is 2.42. The molecule has 0 amide bonds. The molecule has 1 aliphatic carbocycles. The van der Waals surface area contributed by atoms with Gasteiger partial charge in [0.15, 0.2) is 0 Å². The van der Waals surface area contributed by atoms with Crippen molar-refractivity contribution in [2.75, 3.05) is 11.9 Å². The van der Waals surface area contributed by atoms with E-state index in [1.54, 1.807) is 0 Å². The summed E-state index contributed by atoms with van der Waals surface area (Å²) in [4.78, 5) is 4.68. The smallest absolute Gasteiger partial charge is 0.0959 e. The quantitative estimate of drug-likeness (QED) is 0.868. The predicted octanol–water partition coefficient (Wildman–Crippen LogP) is 3.68. The number of aromatic nitrogens is 1. The molecule has 0 atom stereocenters. The van der Waals surface area contributed by atoms with Crippen molar-refractivity contribution in [2.24, 2.45) is 0 Å². The lowest BCUT2D eigenvalue weighted by Crippen LogP contribution is -2.04. The molecule has 0 bridgehead atoms. The van der Waals surface area contributed by atoms with Crippen LogP contribution in [0.3, 0.4) is 0 Å². The van der Waals surface area contributed by atoms with Gasteiger partial charge in [-0.3, -0.25) is 0 Å². The first-order chi connectivity index (χ1) is 8.42. The summed E-state index contributed by atoms with van der Waals surface area (Å²) >= 11 is 1.83. The fraction of sp³-hybridized carbons (Fsp3) is 0.357. The Kier molecular flexibility index (Phi) is 3.10. The number of hydrogen-bond donors (Lipinski definition) is 1. The Bertz CT molecular complexity index is 474. The Hall–Kier alpha value is -1.35. The van der Waals surface area contributed by atoms with E-state index in [0.717, 1.165) is 18.9 Å². The highest BCUT2D eigenvalue weighted by atomic mass is 32.1. The summed E-state index contributed by atoms with van der Waals surface area (Å²) in [7, 11) is 0. The Morgan fingerprint density at radius 1 is 1.24 bits per heavy atom. The molecule has 1 aliphatic rings. The summed E-state index contributed by atoms with van der Waals surface area (Å²) in [5, 5.41) is 6.97. The number of nitrogens with zero attached hydrogens (tertiary/aromatic N) is 1. The lowest BCUT2D eigenvalue weighted by atomic mass is 10.3. The molecule has 2 nitrogen and oxygen atoms in total. The number of anilines is 1. The number of rotatable bonds is 5. The maximum Gasteiger partial charge on any atom is 0.0959 e. The van der Waals surface area contributed by atoms with Crippen LogP contribution in [-0.4, -0.2) is 11.5 Å². The molecule has 88 valence electrons. The SMILES string of the molecule is c1ccc(NCCc2csc(C3CC3)n2)cc1. The van der Waals surface area contributed by atoms with E-state index in [1.165, 1.54) is 29.2 Å². The molecule has 1 saturated carbocycles. The largest absolute Gasteiger partial charge is 0.385 e. The monoisotopic (exact) mass is 244 g/mol. The van der Waals surface area contributed by atoms with Gasteiger partial charge < -0.3 is 5.32 Å². The van der Waals surface area contributed by atoms with E-state index in [9.17, 15) is 0 Å². The van der Waals surface area contributed by atoms with Crippen molar-refractivity contribution >= 4 is 17.0 Å². The molecule has 17 heavy (non-hydrogen) atoms. The molecule has 1 N–H and O–H groups in total. The number of para-hydroxylation sites is 1. The standard InChI is InChI=1S/C14H16N2S/c1-2-4-12(5-3-1)15-9-8-13-10-17-14(16-13)11-6-7-11/h1-5,10-11,15H,6-9H2. The Balaban J connectivity index is 1.50. The van der Waals surface area contributed by atoms with Gasteiger partial charge in [-0.25, -0.2) is 4.98 Å². The minimum atomic E-state index is 0.788. The maximum absolute atomic E-state index is 4.68. The van der Waals surface area contributed by atoms with Gasteiger partial charge in [-0.1, -0.05) is 18.2 Å². The lowest BCUT2D eigenvalue weighted by molar-refractivity contribution is 0.948. The van der Waals surface area contributed by atoms with Crippen LogP contribution >= 0.6 is 11.3 Å². The topological polar surface area (TPSA) is 24.9 Å². The van der Waals surface area contributed by atoms with Crippen molar-refractivity contribution in [1.82, 2.24) is 4.98 Å². The van der Waals surface area contributed by atoms with Gasteiger partial charge in [-0.2, -0.15) is 0 Å². The van der Waals surface area contributed by atoms with Gasteiger partial charge in [0.25, 0.3) is 0 Å². The summed E-state index contributed by atoms with van der Waals surface area (Å²) in [6.45, 7) is 0.956.